The summed E-state index contributed by atoms with van der Waals surface area (Å²) in [4.78, 5) is 19.5. The summed E-state index contributed by atoms with van der Waals surface area (Å²) in [5, 5.41) is 5.73. The van der Waals surface area contributed by atoms with E-state index in [0.717, 1.165) is 67.4 Å². The van der Waals surface area contributed by atoms with E-state index in [0.29, 0.717) is 6.10 Å². The smallest absolute Gasteiger partial charge is 0.323 e. The van der Waals surface area contributed by atoms with Gasteiger partial charge in [0.05, 0.1) is 23.7 Å². The predicted octanol–water partition coefficient (Wildman–Crippen LogP) is 3.67. The molecule has 7 nitrogen and oxygen atoms in total. The van der Waals surface area contributed by atoms with E-state index in [1.54, 1.807) is 0 Å². The fourth-order valence-corrected chi connectivity index (χ4v) is 4.20. The fourth-order valence-electron chi connectivity index (χ4n) is 4.20. The van der Waals surface area contributed by atoms with Crippen LogP contribution in [0, 0.1) is 0 Å². The summed E-state index contributed by atoms with van der Waals surface area (Å²) in [6.07, 6.45) is 2.70. The lowest BCUT2D eigenvalue weighted by atomic mass is 10.2. The summed E-state index contributed by atoms with van der Waals surface area (Å²) < 4.78 is 8.07. The number of carbonyl (C=O) groups is 1. The number of urea groups is 1. The van der Waals surface area contributed by atoms with Crippen molar-refractivity contribution in [2.45, 2.75) is 32.0 Å². The van der Waals surface area contributed by atoms with Crippen molar-refractivity contribution in [2.24, 2.45) is 0 Å². The minimum atomic E-state index is -0.262. The summed E-state index contributed by atoms with van der Waals surface area (Å²) in [5.74, 6) is 1.08. The van der Waals surface area contributed by atoms with Crippen molar-refractivity contribution in [3.63, 3.8) is 0 Å². The molecule has 2 N–H and O–H groups in total. The Bertz CT molecular complexity index is 1010. The number of ether oxygens (including phenoxy) is 1. The molecule has 0 saturated carbocycles. The normalized spacial score (nSPS) is 19.2. The molecule has 5 rings (SSSR count). The first-order valence-electron chi connectivity index (χ1n) is 10.2. The van der Waals surface area contributed by atoms with Crippen LogP contribution in [0.4, 0.5) is 16.2 Å². The molecule has 3 aromatic rings. The lowest BCUT2D eigenvalue weighted by molar-refractivity contribution is 0.0636. The lowest BCUT2D eigenvalue weighted by Gasteiger charge is -2.29. The molecule has 1 saturated heterocycles. The van der Waals surface area contributed by atoms with Gasteiger partial charge < -0.3 is 19.9 Å². The van der Waals surface area contributed by atoms with Crippen LogP contribution in [0.2, 0.25) is 0 Å². The Hall–Kier alpha value is -2.90. The highest BCUT2D eigenvalue weighted by molar-refractivity contribution is 6.00. The van der Waals surface area contributed by atoms with Crippen LogP contribution in [-0.4, -0.2) is 46.3 Å². The topological polar surface area (TPSA) is 71.4 Å². The molecule has 2 amide bonds. The van der Waals surface area contributed by atoms with Crippen molar-refractivity contribution in [2.75, 3.05) is 30.3 Å². The van der Waals surface area contributed by atoms with Crippen LogP contribution in [0.25, 0.3) is 11.0 Å². The van der Waals surface area contributed by atoms with Gasteiger partial charge >= 0.3 is 6.03 Å². The van der Waals surface area contributed by atoms with Gasteiger partial charge in [-0.25, -0.2) is 9.78 Å². The van der Waals surface area contributed by atoms with E-state index >= 15 is 0 Å². The number of hydrogen-bond acceptors (Lipinski definition) is 4. The highest BCUT2D eigenvalue weighted by Gasteiger charge is 2.24. The van der Waals surface area contributed by atoms with Crippen molar-refractivity contribution in [1.29, 1.82) is 0 Å². The highest BCUT2D eigenvalue weighted by Crippen LogP contribution is 2.25. The van der Waals surface area contributed by atoms with E-state index in [9.17, 15) is 4.79 Å². The molecule has 1 unspecified atom stereocenters. The van der Waals surface area contributed by atoms with Gasteiger partial charge in [-0.2, -0.15) is 0 Å². The maximum absolute atomic E-state index is 12.3. The van der Waals surface area contributed by atoms with Crippen LogP contribution in [0.15, 0.2) is 48.5 Å². The molecule has 1 fully saturated rings. The molecule has 2 aromatic carbocycles. The highest BCUT2D eigenvalue weighted by atomic mass is 16.5. The van der Waals surface area contributed by atoms with Crippen LogP contribution >= 0.6 is 0 Å². The Balaban J connectivity index is 1.28. The van der Waals surface area contributed by atoms with E-state index in [2.05, 4.69) is 20.1 Å². The SMILES string of the molecule is O=C(Nc1ccccc1)Nc1ccc2c(c1)nc1n2CCN(CC2CCCO2)C1. The molecule has 0 spiro atoms. The molecule has 7 heteroatoms. The van der Waals surface area contributed by atoms with Crippen LogP contribution in [-0.2, 0) is 17.8 Å². The van der Waals surface area contributed by atoms with Crippen LogP contribution < -0.4 is 10.6 Å². The summed E-state index contributed by atoms with van der Waals surface area (Å²) in [7, 11) is 0. The number of fused-ring (bicyclic) bond motifs is 3. The molecule has 2 aliphatic rings. The summed E-state index contributed by atoms with van der Waals surface area (Å²) in [6, 6.07) is 15.1. The van der Waals surface area contributed by atoms with Gasteiger partial charge in [0.25, 0.3) is 0 Å². The van der Waals surface area contributed by atoms with E-state index in [1.807, 2.05) is 48.5 Å². The third kappa shape index (κ3) is 3.97. The molecule has 150 valence electrons. The first-order chi connectivity index (χ1) is 14.2. The van der Waals surface area contributed by atoms with Crippen molar-refractivity contribution in [3.8, 4) is 0 Å². The van der Waals surface area contributed by atoms with Crippen LogP contribution in [0.5, 0.6) is 0 Å². The van der Waals surface area contributed by atoms with E-state index < -0.39 is 0 Å². The first-order valence-corrected chi connectivity index (χ1v) is 10.2. The molecule has 3 heterocycles. The summed E-state index contributed by atoms with van der Waals surface area (Å²) in [6.45, 7) is 4.66. The standard InChI is InChI=1S/C22H25N5O2/c28-22(23-16-5-2-1-3-6-16)24-17-8-9-20-19(13-17)25-21-15-26(10-11-27(20)21)14-18-7-4-12-29-18/h1-3,5-6,8-9,13,18H,4,7,10-12,14-15H2,(H2,23,24,28). The van der Waals surface area contributed by atoms with E-state index in [-0.39, 0.29) is 6.03 Å². The zero-order chi connectivity index (χ0) is 19.6. The molecule has 1 aromatic heterocycles. The number of carbonyl (C=O) groups excluding carboxylic acids is 1. The Kier molecular flexibility index (Phi) is 4.91. The zero-order valence-corrected chi connectivity index (χ0v) is 16.3. The minimum Gasteiger partial charge on any atom is -0.377 e. The lowest BCUT2D eigenvalue weighted by Crippen LogP contribution is -2.38. The molecule has 29 heavy (non-hydrogen) atoms. The van der Waals surface area contributed by atoms with Crippen molar-refractivity contribution in [3.05, 3.63) is 54.4 Å². The second-order valence-electron chi connectivity index (χ2n) is 7.70. The zero-order valence-electron chi connectivity index (χ0n) is 16.3. The Labute approximate surface area is 169 Å². The summed E-state index contributed by atoms with van der Waals surface area (Å²) >= 11 is 0. The Morgan fingerprint density at radius 2 is 1.97 bits per heavy atom. The quantitative estimate of drug-likeness (QED) is 0.712. The van der Waals surface area contributed by atoms with Gasteiger partial charge in [-0.3, -0.25) is 4.90 Å². The maximum atomic E-state index is 12.3. The molecule has 0 bridgehead atoms. The summed E-state index contributed by atoms with van der Waals surface area (Å²) in [5.41, 5.74) is 3.52. The van der Waals surface area contributed by atoms with Crippen molar-refractivity contribution in [1.82, 2.24) is 14.5 Å². The third-order valence-electron chi connectivity index (χ3n) is 5.61. The van der Waals surface area contributed by atoms with Crippen molar-refractivity contribution >= 4 is 28.4 Å². The second kappa shape index (κ2) is 7.85. The Morgan fingerprint density at radius 1 is 1.10 bits per heavy atom. The van der Waals surface area contributed by atoms with Gasteiger partial charge in [0, 0.05) is 37.6 Å². The van der Waals surface area contributed by atoms with Gasteiger partial charge in [-0.1, -0.05) is 18.2 Å². The number of hydrogen-bond donors (Lipinski definition) is 2. The molecule has 0 aliphatic carbocycles. The number of nitrogens with zero attached hydrogens (tertiary/aromatic N) is 3. The number of amides is 2. The van der Waals surface area contributed by atoms with Crippen molar-refractivity contribution < 1.29 is 9.53 Å². The number of rotatable bonds is 4. The van der Waals surface area contributed by atoms with Crippen LogP contribution in [0.1, 0.15) is 18.7 Å². The largest absolute Gasteiger partial charge is 0.377 e. The van der Waals surface area contributed by atoms with E-state index in [1.165, 1.54) is 6.42 Å². The molecular weight excluding hydrogens is 366 g/mol. The second-order valence-corrected chi connectivity index (χ2v) is 7.70. The van der Waals surface area contributed by atoms with E-state index in [4.69, 9.17) is 9.72 Å². The Morgan fingerprint density at radius 3 is 2.79 bits per heavy atom. The number of benzene rings is 2. The number of anilines is 2. The van der Waals surface area contributed by atoms with Gasteiger partial charge in [0.15, 0.2) is 0 Å². The van der Waals surface area contributed by atoms with Gasteiger partial charge in [0.2, 0.25) is 0 Å². The molecule has 0 radical (unpaired) electrons. The maximum Gasteiger partial charge on any atom is 0.323 e. The molecule has 2 aliphatic heterocycles. The average Bonchev–Trinajstić information content (AvgIpc) is 3.35. The number of para-hydroxylation sites is 1. The van der Waals surface area contributed by atoms with Gasteiger partial charge in [-0.05, 0) is 43.2 Å². The van der Waals surface area contributed by atoms with Crippen LogP contribution in [0.3, 0.4) is 0 Å². The molecular formula is C22H25N5O2. The number of nitrogens with one attached hydrogen (secondary N) is 2. The third-order valence-corrected chi connectivity index (χ3v) is 5.61. The fraction of sp³-hybridized carbons (Fsp3) is 0.364. The number of aromatic nitrogens is 2. The predicted molar refractivity (Wildman–Crippen MR) is 113 cm³/mol. The minimum absolute atomic E-state index is 0.262. The van der Waals surface area contributed by atoms with Gasteiger partial charge in [0.1, 0.15) is 5.82 Å². The monoisotopic (exact) mass is 391 g/mol. The number of imidazole rings is 1. The molecule has 1 atom stereocenters. The average molecular weight is 391 g/mol. The first kappa shape index (κ1) is 18.1. The van der Waals surface area contributed by atoms with Gasteiger partial charge in [-0.15, -0.1) is 0 Å².